The minimum absolute atomic E-state index is 0.0695. The smallest absolute Gasteiger partial charge is 0.323 e. The lowest BCUT2D eigenvalue weighted by Gasteiger charge is -2.31. The average molecular weight is 228 g/mol. The molecule has 1 rings (SSSR count). The van der Waals surface area contributed by atoms with E-state index in [0.29, 0.717) is 6.61 Å². The van der Waals surface area contributed by atoms with Crippen molar-refractivity contribution in [1.82, 2.24) is 10.2 Å². The Hall–Kier alpha value is -0.610. The molecule has 1 atom stereocenters. The highest BCUT2D eigenvalue weighted by Gasteiger charge is 2.23. The van der Waals surface area contributed by atoms with Gasteiger partial charge in [0.2, 0.25) is 0 Å². The molecule has 0 bridgehead atoms. The van der Waals surface area contributed by atoms with Crippen molar-refractivity contribution in [3.63, 3.8) is 0 Å². The van der Waals surface area contributed by atoms with E-state index in [-0.39, 0.29) is 17.6 Å². The van der Waals surface area contributed by atoms with Crippen LogP contribution in [0, 0.1) is 0 Å². The topological polar surface area (TPSA) is 41.6 Å². The number of likely N-dealkylation sites (N-methyl/N-ethyl adjacent to an activating group) is 1. The van der Waals surface area contributed by atoms with E-state index in [2.05, 4.69) is 31.0 Å². The Balaban J connectivity index is 2.17. The van der Waals surface area contributed by atoms with Crippen LogP contribution >= 0.6 is 0 Å². The summed E-state index contributed by atoms with van der Waals surface area (Å²) in [5.41, 5.74) is 0.123. The van der Waals surface area contributed by atoms with Gasteiger partial charge in [0.15, 0.2) is 0 Å². The molecule has 1 saturated heterocycles. The van der Waals surface area contributed by atoms with E-state index in [1.165, 1.54) is 0 Å². The Morgan fingerprint density at radius 3 is 2.69 bits per heavy atom. The molecule has 94 valence electrons. The van der Waals surface area contributed by atoms with Crippen molar-refractivity contribution in [2.24, 2.45) is 0 Å². The molecule has 0 spiro atoms. The third-order valence-electron chi connectivity index (χ3n) is 3.16. The van der Waals surface area contributed by atoms with E-state index < -0.39 is 0 Å². The van der Waals surface area contributed by atoms with Gasteiger partial charge in [-0.25, -0.2) is 0 Å². The summed E-state index contributed by atoms with van der Waals surface area (Å²) < 4.78 is 5.25. The molecular weight excluding hydrogens is 204 g/mol. The van der Waals surface area contributed by atoms with Crippen molar-refractivity contribution < 1.29 is 9.53 Å². The van der Waals surface area contributed by atoms with Crippen LogP contribution in [0.25, 0.3) is 0 Å². The first-order chi connectivity index (χ1) is 7.41. The first-order valence-corrected chi connectivity index (χ1v) is 6.02. The average Bonchev–Trinajstić information content (AvgIpc) is 2.68. The van der Waals surface area contributed by atoms with Crippen molar-refractivity contribution in [3.05, 3.63) is 0 Å². The fraction of sp³-hybridized carbons (Fsp3) is 0.917. The molecule has 4 nitrogen and oxygen atoms in total. The zero-order valence-corrected chi connectivity index (χ0v) is 10.9. The van der Waals surface area contributed by atoms with Gasteiger partial charge in [-0.3, -0.25) is 9.69 Å². The van der Waals surface area contributed by atoms with Crippen LogP contribution in [0.5, 0.6) is 0 Å². The van der Waals surface area contributed by atoms with Crippen molar-refractivity contribution >= 4 is 5.97 Å². The zero-order valence-electron chi connectivity index (χ0n) is 10.9. The second kappa shape index (κ2) is 5.64. The summed E-state index contributed by atoms with van der Waals surface area (Å²) in [6.45, 7) is 8.63. The molecule has 0 aromatic heterocycles. The summed E-state index contributed by atoms with van der Waals surface area (Å²) in [6.07, 6.45) is 1.98. The van der Waals surface area contributed by atoms with Gasteiger partial charge in [-0.1, -0.05) is 0 Å². The zero-order chi connectivity index (χ0) is 12.2. The van der Waals surface area contributed by atoms with E-state index in [9.17, 15) is 4.79 Å². The first-order valence-electron chi connectivity index (χ1n) is 6.02. The molecule has 0 saturated carbocycles. The first kappa shape index (κ1) is 13.5. The van der Waals surface area contributed by atoms with Crippen LogP contribution < -0.4 is 5.32 Å². The number of nitrogens with one attached hydrogen (secondary N) is 1. The van der Waals surface area contributed by atoms with Crippen molar-refractivity contribution in [1.29, 1.82) is 0 Å². The van der Waals surface area contributed by atoms with Crippen LogP contribution in [-0.4, -0.2) is 49.2 Å². The van der Waals surface area contributed by atoms with Gasteiger partial charge < -0.3 is 10.1 Å². The standard InChI is InChI=1S/C12H24N2O2/c1-12(2,3)14(4)8-9-16-11(15)10-6-5-7-13-10/h10,13H,5-9H2,1-4H3/t10-/m0/s1. The quantitative estimate of drug-likeness (QED) is 0.729. The largest absolute Gasteiger partial charge is 0.463 e. The number of hydrogen-bond acceptors (Lipinski definition) is 4. The van der Waals surface area contributed by atoms with Gasteiger partial charge in [-0.15, -0.1) is 0 Å². The van der Waals surface area contributed by atoms with Gasteiger partial charge in [-0.05, 0) is 47.2 Å². The molecule has 1 fully saturated rings. The number of ether oxygens (including phenoxy) is 1. The number of hydrogen-bond donors (Lipinski definition) is 1. The highest BCUT2D eigenvalue weighted by atomic mass is 16.5. The Bertz CT molecular complexity index is 230. The van der Waals surface area contributed by atoms with Crippen molar-refractivity contribution in [3.8, 4) is 0 Å². The molecule has 1 aliphatic heterocycles. The second-order valence-corrected chi connectivity index (χ2v) is 5.41. The third kappa shape index (κ3) is 4.10. The molecule has 0 unspecified atom stereocenters. The van der Waals surface area contributed by atoms with Crippen molar-refractivity contribution in [2.75, 3.05) is 26.7 Å². The molecule has 0 radical (unpaired) electrons. The Morgan fingerprint density at radius 2 is 2.19 bits per heavy atom. The lowest BCUT2D eigenvalue weighted by Crippen LogP contribution is -2.41. The van der Waals surface area contributed by atoms with Crippen LogP contribution in [0.4, 0.5) is 0 Å². The SMILES string of the molecule is CN(CCOC(=O)[C@@H]1CCCN1)C(C)(C)C. The van der Waals surface area contributed by atoms with Crippen LogP contribution in [0.3, 0.4) is 0 Å². The van der Waals surface area contributed by atoms with Gasteiger partial charge in [0, 0.05) is 12.1 Å². The molecule has 0 aromatic carbocycles. The predicted molar refractivity (Wildman–Crippen MR) is 64.4 cm³/mol. The fourth-order valence-corrected chi connectivity index (χ4v) is 1.60. The van der Waals surface area contributed by atoms with Gasteiger partial charge in [0.1, 0.15) is 12.6 Å². The van der Waals surface area contributed by atoms with Crippen LogP contribution in [0.15, 0.2) is 0 Å². The minimum atomic E-state index is -0.0974. The maximum Gasteiger partial charge on any atom is 0.323 e. The molecule has 4 heteroatoms. The van der Waals surface area contributed by atoms with Gasteiger partial charge in [0.25, 0.3) is 0 Å². The lowest BCUT2D eigenvalue weighted by molar-refractivity contribution is -0.146. The number of nitrogens with zero attached hydrogens (tertiary/aromatic N) is 1. The summed E-state index contributed by atoms with van der Waals surface area (Å²) in [5.74, 6) is -0.0974. The summed E-state index contributed by atoms with van der Waals surface area (Å²) >= 11 is 0. The Labute approximate surface area is 98.3 Å². The lowest BCUT2D eigenvalue weighted by atomic mass is 10.1. The Morgan fingerprint density at radius 1 is 1.50 bits per heavy atom. The van der Waals surface area contributed by atoms with E-state index in [1.807, 2.05) is 7.05 Å². The molecule has 1 aliphatic rings. The molecule has 0 aromatic rings. The molecule has 0 amide bonds. The molecule has 1 heterocycles. The maximum absolute atomic E-state index is 11.6. The van der Waals surface area contributed by atoms with Crippen LogP contribution in [0.1, 0.15) is 33.6 Å². The predicted octanol–water partition coefficient (Wildman–Crippen LogP) is 1.01. The summed E-state index contributed by atoms with van der Waals surface area (Å²) in [5, 5.41) is 3.14. The number of carbonyl (C=O) groups excluding carboxylic acids is 1. The van der Waals surface area contributed by atoms with Gasteiger partial charge in [0.05, 0.1) is 0 Å². The van der Waals surface area contributed by atoms with E-state index in [0.717, 1.165) is 25.9 Å². The van der Waals surface area contributed by atoms with Crippen LogP contribution in [-0.2, 0) is 9.53 Å². The van der Waals surface area contributed by atoms with Gasteiger partial charge >= 0.3 is 5.97 Å². The normalized spacial score (nSPS) is 21.4. The number of rotatable bonds is 4. The van der Waals surface area contributed by atoms with E-state index >= 15 is 0 Å². The van der Waals surface area contributed by atoms with Gasteiger partial charge in [-0.2, -0.15) is 0 Å². The highest BCUT2D eigenvalue weighted by Crippen LogP contribution is 2.10. The summed E-state index contributed by atoms with van der Waals surface area (Å²) in [4.78, 5) is 13.8. The van der Waals surface area contributed by atoms with E-state index in [1.54, 1.807) is 0 Å². The van der Waals surface area contributed by atoms with Crippen molar-refractivity contribution in [2.45, 2.75) is 45.2 Å². The fourth-order valence-electron chi connectivity index (χ4n) is 1.60. The second-order valence-electron chi connectivity index (χ2n) is 5.41. The highest BCUT2D eigenvalue weighted by molar-refractivity contribution is 5.76. The third-order valence-corrected chi connectivity index (χ3v) is 3.16. The molecule has 1 N–H and O–H groups in total. The summed E-state index contributed by atoms with van der Waals surface area (Å²) in [7, 11) is 2.04. The Kier molecular flexibility index (Phi) is 4.74. The maximum atomic E-state index is 11.6. The minimum Gasteiger partial charge on any atom is -0.463 e. The number of carbonyl (C=O) groups is 1. The molecule has 16 heavy (non-hydrogen) atoms. The molecular formula is C12H24N2O2. The monoisotopic (exact) mass is 228 g/mol. The number of esters is 1. The van der Waals surface area contributed by atoms with E-state index in [4.69, 9.17) is 4.74 Å². The summed E-state index contributed by atoms with van der Waals surface area (Å²) in [6, 6.07) is -0.0695. The molecule has 0 aliphatic carbocycles. The van der Waals surface area contributed by atoms with Crippen LogP contribution in [0.2, 0.25) is 0 Å².